The highest BCUT2D eigenvalue weighted by Gasteiger charge is 2.35. The van der Waals surface area contributed by atoms with Crippen molar-refractivity contribution in [3.63, 3.8) is 0 Å². The van der Waals surface area contributed by atoms with Crippen molar-refractivity contribution < 1.29 is 40.2 Å². The van der Waals surface area contributed by atoms with Crippen LogP contribution in [0.1, 0.15) is 49.8 Å². The molecule has 0 saturated carbocycles. The lowest BCUT2D eigenvalue weighted by Crippen LogP contribution is -2.37. The highest BCUT2D eigenvalue weighted by molar-refractivity contribution is 7.92. The van der Waals surface area contributed by atoms with Crippen LogP contribution in [0.15, 0.2) is 83.7 Å². The molecule has 49 heavy (non-hydrogen) atoms. The molecular weight excluding hydrogens is 666 g/mol. The van der Waals surface area contributed by atoms with Crippen molar-refractivity contribution in [1.29, 1.82) is 0 Å². The van der Waals surface area contributed by atoms with Crippen molar-refractivity contribution in [2.24, 2.45) is 4.99 Å². The molecule has 0 bridgehead atoms. The van der Waals surface area contributed by atoms with Gasteiger partial charge in [-0.2, -0.15) is 13.2 Å². The van der Waals surface area contributed by atoms with Gasteiger partial charge in [0.15, 0.2) is 0 Å². The van der Waals surface area contributed by atoms with E-state index in [-0.39, 0.29) is 18.4 Å². The Morgan fingerprint density at radius 3 is 2.47 bits per heavy atom. The maximum Gasteiger partial charge on any atom is 0.379 e. The lowest BCUT2D eigenvalue weighted by Gasteiger charge is -2.38. The number of piperidine rings is 1. The van der Waals surface area contributed by atoms with E-state index in [1.165, 1.54) is 57.6 Å². The molecule has 1 saturated heterocycles. The van der Waals surface area contributed by atoms with Crippen LogP contribution in [-0.4, -0.2) is 70.1 Å². The number of fused-ring (bicyclic) bond motifs is 1. The summed E-state index contributed by atoms with van der Waals surface area (Å²) in [4.78, 5) is 13.6. The molecule has 5 rings (SSSR count). The maximum absolute atomic E-state index is 15.7. The molecule has 3 heterocycles. The molecule has 0 radical (unpaired) electrons. The number of hydrogen-bond donors (Lipinski definition) is 0. The van der Waals surface area contributed by atoms with Crippen molar-refractivity contribution in [2.45, 2.75) is 56.8 Å². The predicted octanol–water partition coefficient (Wildman–Crippen LogP) is 7.29. The van der Waals surface area contributed by atoms with Crippen molar-refractivity contribution in [2.75, 3.05) is 38.2 Å². The van der Waals surface area contributed by atoms with Gasteiger partial charge in [0.1, 0.15) is 40.1 Å². The first kappa shape index (κ1) is 38.9. The number of nitrogens with zero attached hydrogens (tertiary/aromatic N) is 5. The van der Waals surface area contributed by atoms with Gasteiger partial charge >= 0.3 is 6.68 Å². The minimum absolute atomic E-state index is 0.00633. The van der Waals surface area contributed by atoms with Gasteiger partial charge in [-0.3, -0.25) is 9.89 Å². The first-order valence-electron chi connectivity index (χ1n) is 15.4. The Kier molecular flexibility index (Phi) is 15.5. The summed E-state index contributed by atoms with van der Waals surface area (Å²) in [6.07, 6.45) is 13.8. The number of likely N-dealkylation sites (tertiary alicyclic amines) is 1. The van der Waals surface area contributed by atoms with E-state index in [1.807, 2.05) is 19.1 Å². The standard InChI is InChI=1S/C27H31FN4O5S.C6H9N.CHF3/c1-35-20-7-6-19(24(14-20)36-2)17-32(27-8-10-29-18-30-27)38(33,34)26-16-25-21(15-22(26)28)23(9-13-37-25)31-11-4-3-5-12-31;1-3-5-6-7-4-2;2-1(3)4/h6-8,10,14-16,18,23H,3-5,9,11-13,17H2,1-2H3;3-6H,2H2,1H3;1H/b;5-3-,7-6?;/t23-;;/m0../s1. The molecule has 3 aromatic rings. The van der Waals surface area contributed by atoms with E-state index in [4.69, 9.17) is 14.2 Å². The van der Waals surface area contributed by atoms with Crippen LogP contribution in [0, 0.1) is 5.82 Å². The van der Waals surface area contributed by atoms with Gasteiger partial charge < -0.3 is 14.2 Å². The van der Waals surface area contributed by atoms with Gasteiger partial charge in [0, 0.05) is 60.4 Å². The van der Waals surface area contributed by atoms with Crippen LogP contribution in [0.2, 0.25) is 0 Å². The average Bonchev–Trinajstić information content (AvgIpc) is 3.11. The van der Waals surface area contributed by atoms with Crippen LogP contribution in [0.4, 0.5) is 23.4 Å². The van der Waals surface area contributed by atoms with Crippen LogP contribution in [0.3, 0.4) is 0 Å². The summed E-state index contributed by atoms with van der Waals surface area (Å²) in [7, 11) is -1.39. The molecule has 0 amide bonds. The second-order valence-corrected chi connectivity index (χ2v) is 12.4. The van der Waals surface area contributed by atoms with Crippen LogP contribution in [0.25, 0.3) is 0 Å². The van der Waals surface area contributed by atoms with Crippen molar-refractivity contribution >= 4 is 22.1 Å². The summed E-state index contributed by atoms with van der Waals surface area (Å²) in [6, 6.07) is 9.18. The maximum atomic E-state index is 15.7. The molecule has 0 N–H and O–H groups in total. The Hall–Kier alpha value is -4.50. The minimum Gasteiger partial charge on any atom is -0.497 e. The number of aliphatic imine (C=N–C) groups is 1. The molecule has 1 aromatic heterocycles. The average molecular weight is 708 g/mol. The smallest absolute Gasteiger partial charge is 0.379 e. The highest BCUT2D eigenvalue weighted by Crippen LogP contribution is 2.41. The fraction of sp³-hybridized carbons (Fsp3) is 0.382. The zero-order chi connectivity index (χ0) is 35.8. The predicted molar refractivity (Wildman–Crippen MR) is 180 cm³/mol. The number of sulfonamides is 1. The van der Waals surface area contributed by atoms with Gasteiger partial charge in [-0.25, -0.2) is 27.1 Å². The Bertz CT molecular complexity index is 1650. The molecule has 1 atom stereocenters. The van der Waals surface area contributed by atoms with E-state index in [0.29, 0.717) is 35.0 Å². The van der Waals surface area contributed by atoms with Gasteiger partial charge in [-0.05, 0) is 57.1 Å². The first-order chi connectivity index (χ1) is 23.6. The molecule has 0 spiro atoms. The summed E-state index contributed by atoms with van der Waals surface area (Å²) >= 11 is 0. The van der Waals surface area contributed by atoms with Crippen molar-refractivity contribution in [1.82, 2.24) is 14.9 Å². The third kappa shape index (κ3) is 11.0. The van der Waals surface area contributed by atoms with E-state index < -0.39 is 27.4 Å². The topological polar surface area (TPSA) is 106 Å². The molecule has 1 fully saturated rings. The number of ether oxygens (including phenoxy) is 3. The molecule has 10 nitrogen and oxygen atoms in total. The van der Waals surface area contributed by atoms with Gasteiger partial charge in [-0.1, -0.05) is 19.1 Å². The van der Waals surface area contributed by atoms with Crippen LogP contribution in [-0.2, 0) is 16.6 Å². The molecule has 15 heteroatoms. The van der Waals surface area contributed by atoms with E-state index >= 15 is 4.39 Å². The molecule has 0 unspecified atom stereocenters. The van der Waals surface area contributed by atoms with E-state index in [2.05, 4.69) is 26.4 Å². The highest BCUT2D eigenvalue weighted by atomic mass is 32.2. The lowest BCUT2D eigenvalue weighted by atomic mass is 9.96. The summed E-state index contributed by atoms with van der Waals surface area (Å²) < 4.78 is 90.5. The number of halogens is 4. The fourth-order valence-corrected chi connectivity index (χ4v) is 6.81. The SMILES string of the molecule is C=CN=C/C=C\C.COc1ccc(CN(c2ccncn2)S(=O)(=O)c2cc3c(cc2F)[C@@H](N2CCCCC2)CCO3)c(OC)c1.FC(F)F. The lowest BCUT2D eigenvalue weighted by molar-refractivity contribution is 0.00818. The van der Waals surface area contributed by atoms with Crippen LogP contribution >= 0.6 is 0 Å². The van der Waals surface area contributed by atoms with E-state index in [0.717, 1.165) is 36.7 Å². The minimum atomic E-state index is -4.41. The van der Waals surface area contributed by atoms with E-state index in [9.17, 15) is 21.6 Å². The summed E-state index contributed by atoms with van der Waals surface area (Å²) in [5, 5.41) is 0. The van der Waals surface area contributed by atoms with Crippen molar-refractivity contribution in [3.05, 3.63) is 90.8 Å². The zero-order valence-electron chi connectivity index (χ0n) is 27.6. The third-order valence-electron chi connectivity index (χ3n) is 7.57. The Balaban J connectivity index is 0.000000514. The summed E-state index contributed by atoms with van der Waals surface area (Å²) in [6.45, 7) is 3.85. The van der Waals surface area contributed by atoms with Gasteiger partial charge in [0.2, 0.25) is 0 Å². The number of rotatable bonds is 10. The summed E-state index contributed by atoms with van der Waals surface area (Å²) in [5.41, 5.74) is 1.25. The normalized spacial score (nSPS) is 16.1. The number of alkyl halides is 3. The number of benzene rings is 2. The number of hydrogen-bond acceptors (Lipinski definition) is 9. The van der Waals surface area contributed by atoms with Crippen LogP contribution < -0.4 is 18.5 Å². The number of methoxy groups -OCH3 is 2. The zero-order valence-corrected chi connectivity index (χ0v) is 28.5. The van der Waals surface area contributed by atoms with Crippen LogP contribution in [0.5, 0.6) is 17.2 Å². The molecule has 2 aliphatic heterocycles. The Labute approximate surface area is 284 Å². The molecule has 2 aliphatic rings. The monoisotopic (exact) mass is 707 g/mol. The number of allylic oxidation sites excluding steroid dienone is 2. The van der Waals surface area contributed by atoms with Gasteiger partial charge in [0.25, 0.3) is 10.0 Å². The molecule has 266 valence electrons. The third-order valence-corrected chi connectivity index (χ3v) is 9.34. The fourth-order valence-electron chi connectivity index (χ4n) is 5.35. The second kappa shape index (κ2) is 19.5. The first-order valence-corrected chi connectivity index (χ1v) is 16.9. The molecular formula is C34H41F4N5O5S. The van der Waals surface area contributed by atoms with E-state index in [1.54, 1.807) is 24.4 Å². The molecule has 2 aromatic carbocycles. The second-order valence-electron chi connectivity index (χ2n) is 10.6. The molecule has 0 aliphatic carbocycles. The Morgan fingerprint density at radius 2 is 1.86 bits per heavy atom. The number of aromatic nitrogens is 2. The van der Waals surface area contributed by atoms with Gasteiger partial charge in [-0.15, -0.1) is 0 Å². The van der Waals surface area contributed by atoms with Gasteiger partial charge in [0.05, 0.1) is 27.4 Å². The quantitative estimate of drug-likeness (QED) is 0.160. The Morgan fingerprint density at radius 1 is 1.12 bits per heavy atom. The van der Waals surface area contributed by atoms with Crippen molar-refractivity contribution in [3.8, 4) is 17.2 Å². The number of anilines is 1. The largest absolute Gasteiger partial charge is 0.497 e. The summed E-state index contributed by atoms with van der Waals surface area (Å²) in [5.74, 6) is 0.663.